The van der Waals surface area contributed by atoms with Gasteiger partial charge in [0.2, 0.25) is 11.2 Å². The van der Waals surface area contributed by atoms with E-state index in [0.717, 1.165) is 28.0 Å². The van der Waals surface area contributed by atoms with E-state index in [1.54, 1.807) is 0 Å². The summed E-state index contributed by atoms with van der Waals surface area (Å²) in [6, 6.07) is 20.8. The third kappa shape index (κ3) is 2.17. The van der Waals surface area contributed by atoms with Gasteiger partial charge in [0.1, 0.15) is 7.05 Å². The van der Waals surface area contributed by atoms with Crippen molar-refractivity contribution in [3.63, 3.8) is 0 Å². The first-order valence-electron chi connectivity index (χ1n) is 8.02. The Bertz CT molecular complexity index is 1080. The predicted octanol–water partition coefficient (Wildman–Crippen LogP) is 3.96. The number of nitrogen functional groups attached to an aromatic ring is 2. The van der Waals surface area contributed by atoms with Crippen LogP contribution in [0.3, 0.4) is 0 Å². The predicted molar refractivity (Wildman–Crippen MR) is 102 cm³/mol. The third-order valence-electron chi connectivity index (χ3n) is 4.63. The van der Waals surface area contributed by atoms with Crippen LogP contribution in [-0.4, -0.2) is 0 Å². The number of anilines is 2. The van der Waals surface area contributed by atoms with Crippen LogP contribution in [-0.2, 0) is 7.05 Å². The van der Waals surface area contributed by atoms with E-state index in [4.69, 9.17) is 11.5 Å². The highest BCUT2D eigenvalue weighted by molar-refractivity contribution is 6.10. The van der Waals surface area contributed by atoms with Crippen molar-refractivity contribution in [1.82, 2.24) is 0 Å². The summed E-state index contributed by atoms with van der Waals surface area (Å²) < 4.78 is 2.21. The number of nitrogens with zero attached hydrogens (tertiary/aromatic N) is 1. The Kier molecular flexibility index (Phi) is 3.17. The summed E-state index contributed by atoms with van der Waals surface area (Å²) in [6.45, 7) is 2.10. The molecule has 0 saturated carbocycles. The zero-order valence-corrected chi connectivity index (χ0v) is 13.9. The minimum absolute atomic E-state index is 0.766. The number of aromatic nitrogens is 1. The lowest BCUT2D eigenvalue weighted by molar-refractivity contribution is -0.632. The largest absolute Gasteiger partial charge is 0.399 e. The summed E-state index contributed by atoms with van der Waals surface area (Å²) in [5, 5.41) is 3.52. The van der Waals surface area contributed by atoms with Gasteiger partial charge in [0.25, 0.3) is 0 Å². The van der Waals surface area contributed by atoms with Gasteiger partial charge in [-0.1, -0.05) is 23.8 Å². The van der Waals surface area contributed by atoms with Crippen molar-refractivity contribution in [2.24, 2.45) is 7.05 Å². The van der Waals surface area contributed by atoms with Crippen molar-refractivity contribution < 1.29 is 4.57 Å². The van der Waals surface area contributed by atoms with Gasteiger partial charge in [0, 0.05) is 28.4 Å². The van der Waals surface area contributed by atoms with E-state index in [-0.39, 0.29) is 0 Å². The molecule has 4 rings (SSSR count). The van der Waals surface area contributed by atoms with Crippen molar-refractivity contribution >= 4 is 33.1 Å². The molecule has 0 radical (unpaired) electrons. The SMILES string of the molecule is Cc1ccc(-c2c3cc(N)ccc3c3ccc(N)cc3[n+]2C)cc1. The first kappa shape index (κ1) is 14.5. The summed E-state index contributed by atoms with van der Waals surface area (Å²) in [4.78, 5) is 0. The highest BCUT2D eigenvalue weighted by Gasteiger charge is 2.20. The maximum Gasteiger partial charge on any atom is 0.220 e. The minimum atomic E-state index is 0.766. The number of aryl methyl sites for hydroxylation is 2. The molecule has 0 bridgehead atoms. The molecule has 0 aliphatic carbocycles. The number of benzene rings is 3. The second kappa shape index (κ2) is 5.24. The van der Waals surface area contributed by atoms with Gasteiger partial charge in [-0.05, 0) is 43.3 Å². The van der Waals surface area contributed by atoms with Crippen LogP contribution >= 0.6 is 0 Å². The van der Waals surface area contributed by atoms with Crippen molar-refractivity contribution in [2.45, 2.75) is 6.92 Å². The minimum Gasteiger partial charge on any atom is -0.399 e. The smallest absolute Gasteiger partial charge is 0.220 e. The molecule has 0 fully saturated rings. The summed E-state index contributed by atoms with van der Waals surface area (Å²) in [7, 11) is 2.08. The average Bonchev–Trinajstić information content (AvgIpc) is 2.57. The summed E-state index contributed by atoms with van der Waals surface area (Å²) in [5.74, 6) is 0. The molecule has 0 atom stereocenters. The molecule has 1 heterocycles. The topological polar surface area (TPSA) is 55.9 Å². The van der Waals surface area contributed by atoms with Crippen LogP contribution in [0.2, 0.25) is 0 Å². The molecule has 0 spiro atoms. The second-order valence-electron chi connectivity index (χ2n) is 6.36. The maximum atomic E-state index is 6.08. The van der Waals surface area contributed by atoms with Crippen LogP contribution in [0.25, 0.3) is 32.9 Å². The number of pyridine rings is 1. The van der Waals surface area contributed by atoms with E-state index in [1.807, 2.05) is 18.2 Å². The number of rotatable bonds is 1. The van der Waals surface area contributed by atoms with Crippen LogP contribution in [0, 0.1) is 6.92 Å². The van der Waals surface area contributed by atoms with Crippen LogP contribution in [0.5, 0.6) is 0 Å². The van der Waals surface area contributed by atoms with Gasteiger partial charge < -0.3 is 11.5 Å². The Hall–Kier alpha value is -3.07. The number of hydrogen-bond donors (Lipinski definition) is 2. The van der Waals surface area contributed by atoms with Crippen molar-refractivity contribution in [3.8, 4) is 11.3 Å². The van der Waals surface area contributed by atoms with Crippen LogP contribution in [0.1, 0.15) is 5.56 Å². The molecule has 3 heteroatoms. The molecular weight excluding hydrogens is 294 g/mol. The Morgan fingerprint density at radius 2 is 1.33 bits per heavy atom. The molecule has 0 aliphatic rings. The molecule has 0 amide bonds. The lowest BCUT2D eigenvalue weighted by Gasteiger charge is -2.11. The zero-order valence-electron chi connectivity index (χ0n) is 13.9. The van der Waals surface area contributed by atoms with E-state index in [0.29, 0.717) is 0 Å². The van der Waals surface area contributed by atoms with Crippen LogP contribution in [0.4, 0.5) is 11.4 Å². The van der Waals surface area contributed by atoms with Gasteiger partial charge in [0.15, 0.2) is 0 Å². The van der Waals surface area contributed by atoms with Gasteiger partial charge in [-0.15, -0.1) is 0 Å². The summed E-state index contributed by atoms with van der Waals surface area (Å²) in [6.07, 6.45) is 0. The monoisotopic (exact) mass is 314 g/mol. The number of nitrogens with two attached hydrogens (primary N) is 2. The van der Waals surface area contributed by atoms with Crippen molar-refractivity contribution in [2.75, 3.05) is 11.5 Å². The van der Waals surface area contributed by atoms with E-state index < -0.39 is 0 Å². The molecule has 4 aromatic rings. The molecular formula is C21H20N3+. The second-order valence-corrected chi connectivity index (χ2v) is 6.36. The van der Waals surface area contributed by atoms with Gasteiger partial charge in [-0.25, -0.2) is 0 Å². The van der Waals surface area contributed by atoms with Gasteiger partial charge in [0.05, 0.1) is 10.8 Å². The average molecular weight is 314 g/mol. The van der Waals surface area contributed by atoms with Crippen molar-refractivity contribution in [3.05, 3.63) is 66.2 Å². The van der Waals surface area contributed by atoms with Crippen LogP contribution < -0.4 is 16.0 Å². The molecule has 24 heavy (non-hydrogen) atoms. The highest BCUT2D eigenvalue weighted by atomic mass is 14.9. The highest BCUT2D eigenvalue weighted by Crippen LogP contribution is 2.33. The third-order valence-corrected chi connectivity index (χ3v) is 4.63. The summed E-state index contributed by atoms with van der Waals surface area (Å²) >= 11 is 0. The standard InChI is InChI=1S/C21H19N3/c1-13-3-5-14(6-4-13)21-19-11-15(22)7-9-17(19)18-10-8-16(23)12-20(18)24(21)2/h3-12,23H,22H2,1-2H3/p+1. The number of hydrogen-bond acceptors (Lipinski definition) is 2. The first-order valence-corrected chi connectivity index (χ1v) is 8.02. The van der Waals surface area contributed by atoms with Gasteiger partial charge in [-0.2, -0.15) is 4.57 Å². The molecule has 3 aromatic carbocycles. The first-order chi connectivity index (χ1) is 11.5. The Balaban J connectivity index is 2.22. The maximum absolute atomic E-state index is 6.08. The summed E-state index contributed by atoms with van der Waals surface area (Å²) in [5.41, 5.74) is 18.3. The molecule has 0 aliphatic heterocycles. The molecule has 1 aromatic heterocycles. The fourth-order valence-electron chi connectivity index (χ4n) is 3.41. The number of fused-ring (bicyclic) bond motifs is 3. The quantitative estimate of drug-likeness (QED) is 0.317. The Morgan fingerprint density at radius 1 is 0.708 bits per heavy atom. The van der Waals surface area contributed by atoms with E-state index in [2.05, 4.69) is 61.0 Å². The normalized spacial score (nSPS) is 11.2. The molecule has 0 saturated heterocycles. The lowest BCUT2D eigenvalue weighted by Crippen LogP contribution is -2.32. The van der Waals surface area contributed by atoms with E-state index in [9.17, 15) is 0 Å². The lowest BCUT2D eigenvalue weighted by atomic mass is 9.98. The van der Waals surface area contributed by atoms with Gasteiger partial charge >= 0.3 is 0 Å². The van der Waals surface area contributed by atoms with Crippen molar-refractivity contribution in [1.29, 1.82) is 0 Å². The van der Waals surface area contributed by atoms with E-state index in [1.165, 1.54) is 21.9 Å². The van der Waals surface area contributed by atoms with Gasteiger partial charge in [-0.3, -0.25) is 0 Å². The Labute approximate surface area is 141 Å². The zero-order chi connectivity index (χ0) is 16.8. The fourth-order valence-corrected chi connectivity index (χ4v) is 3.41. The fraction of sp³-hybridized carbons (Fsp3) is 0.0952. The molecule has 3 nitrogen and oxygen atoms in total. The molecule has 0 unspecified atom stereocenters. The van der Waals surface area contributed by atoms with E-state index >= 15 is 0 Å². The molecule has 118 valence electrons. The Morgan fingerprint density at radius 3 is 2.04 bits per heavy atom. The molecule has 4 N–H and O–H groups in total. The van der Waals surface area contributed by atoms with Crippen LogP contribution in [0.15, 0.2) is 60.7 Å².